The summed E-state index contributed by atoms with van der Waals surface area (Å²) in [5.41, 5.74) is 7.47. The molecule has 0 fully saturated rings. The van der Waals surface area contributed by atoms with Crippen LogP contribution in [-0.4, -0.2) is 14.5 Å². The maximum Gasteiger partial charge on any atom is 0.235 e. The summed E-state index contributed by atoms with van der Waals surface area (Å²) < 4.78 is 4.90. The lowest BCUT2D eigenvalue weighted by molar-refractivity contribution is 1.02. The van der Waals surface area contributed by atoms with Crippen LogP contribution >= 0.6 is 11.3 Å². The van der Waals surface area contributed by atoms with Gasteiger partial charge in [0.2, 0.25) is 5.95 Å². The van der Waals surface area contributed by atoms with Gasteiger partial charge in [0.1, 0.15) is 0 Å². The van der Waals surface area contributed by atoms with E-state index >= 15 is 0 Å². The number of benzene rings is 10. The summed E-state index contributed by atoms with van der Waals surface area (Å²) in [7, 11) is 0. The van der Waals surface area contributed by atoms with Crippen LogP contribution in [-0.2, 0) is 0 Å². The molecule has 268 valence electrons. The van der Waals surface area contributed by atoms with E-state index in [0.717, 1.165) is 44.0 Å². The first-order chi connectivity index (χ1) is 28.7. The van der Waals surface area contributed by atoms with E-state index in [-0.39, 0.29) is 0 Å². The highest BCUT2D eigenvalue weighted by atomic mass is 32.1. The van der Waals surface area contributed by atoms with Crippen molar-refractivity contribution in [3.05, 3.63) is 188 Å². The summed E-state index contributed by atoms with van der Waals surface area (Å²) in [6.45, 7) is 0. The summed E-state index contributed by atoms with van der Waals surface area (Å²) in [4.78, 5) is 11.3. The Kier molecular flexibility index (Phi) is 6.60. The van der Waals surface area contributed by atoms with Crippen LogP contribution in [0.15, 0.2) is 188 Å². The zero-order valence-electron chi connectivity index (χ0n) is 31.1. The van der Waals surface area contributed by atoms with Crippen molar-refractivity contribution in [3.63, 3.8) is 0 Å². The molecule has 0 unspecified atom stereocenters. The van der Waals surface area contributed by atoms with Gasteiger partial charge in [-0.3, -0.25) is 4.57 Å². The molecule has 0 aliphatic rings. The lowest BCUT2D eigenvalue weighted by Crippen LogP contribution is -2.04. The summed E-state index contributed by atoms with van der Waals surface area (Å²) >= 11 is 1.86. The average Bonchev–Trinajstić information content (AvgIpc) is 3.83. The predicted octanol–water partition coefficient (Wildman–Crippen LogP) is 15.0. The Labute approximate surface area is 336 Å². The van der Waals surface area contributed by atoms with Gasteiger partial charge >= 0.3 is 0 Å². The second-order valence-electron chi connectivity index (χ2n) is 15.3. The maximum absolute atomic E-state index is 5.65. The number of nitrogens with zero attached hydrogens (tertiary/aromatic N) is 3. The molecule has 13 rings (SSSR count). The highest BCUT2D eigenvalue weighted by Crippen LogP contribution is 2.44. The molecule has 3 aromatic heterocycles. The van der Waals surface area contributed by atoms with E-state index in [9.17, 15) is 0 Å². The minimum atomic E-state index is 0.662. The van der Waals surface area contributed by atoms with Crippen molar-refractivity contribution in [1.82, 2.24) is 14.5 Å². The Bertz CT molecular complexity index is 3850. The molecule has 0 aliphatic heterocycles. The van der Waals surface area contributed by atoms with Gasteiger partial charge in [-0.15, -0.1) is 11.3 Å². The van der Waals surface area contributed by atoms with E-state index in [1.165, 1.54) is 74.4 Å². The number of aromatic nitrogens is 3. The van der Waals surface area contributed by atoms with Crippen LogP contribution in [0.5, 0.6) is 0 Å². The molecule has 0 aliphatic carbocycles. The van der Waals surface area contributed by atoms with E-state index in [0.29, 0.717) is 5.95 Å². The van der Waals surface area contributed by atoms with Crippen LogP contribution in [0.1, 0.15) is 0 Å². The summed E-state index contributed by atoms with van der Waals surface area (Å²) in [5.74, 6) is 0.662. The first-order valence-electron chi connectivity index (χ1n) is 19.7. The van der Waals surface area contributed by atoms with Crippen LogP contribution in [0.3, 0.4) is 0 Å². The van der Waals surface area contributed by atoms with Gasteiger partial charge in [-0.05, 0) is 85.2 Å². The highest BCUT2D eigenvalue weighted by Gasteiger charge is 2.22. The molecule has 0 atom stereocenters. The SMILES string of the molecule is c1ccc2cc(-c3ccc(-c4nc(-n5c6ccccc6c6cc7ccc8sc9ccccc9c8c7cc65)nc5c6ccccc6c6ccccc6c45)cc3)ccc2c1. The summed E-state index contributed by atoms with van der Waals surface area (Å²) in [6, 6.07) is 68.4. The molecule has 0 saturated heterocycles. The van der Waals surface area contributed by atoms with Gasteiger partial charge in [-0.2, -0.15) is 0 Å². The molecule has 0 bridgehead atoms. The quantitative estimate of drug-likeness (QED) is 0.168. The van der Waals surface area contributed by atoms with E-state index < -0.39 is 0 Å². The molecule has 13 aromatic rings. The summed E-state index contributed by atoms with van der Waals surface area (Å²) in [5, 5.41) is 15.7. The van der Waals surface area contributed by atoms with E-state index in [1.54, 1.807) is 0 Å². The van der Waals surface area contributed by atoms with Gasteiger partial charge < -0.3 is 0 Å². The molecule has 58 heavy (non-hydrogen) atoms. The molecular weight excluding hydrogens is 723 g/mol. The molecule has 0 amide bonds. The van der Waals surface area contributed by atoms with Crippen LogP contribution in [0.4, 0.5) is 0 Å². The van der Waals surface area contributed by atoms with Gasteiger partial charge in [0.05, 0.1) is 22.2 Å². The third-order valence-corrected chi connectivity index (χ3v) is 13.3. The van der Waals surface area contributed by atoms with Crippen LogP contribution < -0.4 is 0 Å². The Balaban J connectivity index is 1.13. The van der Waals surface area contributed by atoms with Gasteiger partial charge in [0.25, 0.3) is 0 Å². The number of para-hydroxylation sites is 1. The fourth-order valence-corrected chi connectivity index (χ4v) is 10.6. The second kappa shape index (κ2) is 12.1. The van der Waals surface area contributed by atoms with Gasteiger partial charge in [0, 0.05) is 47.3 Å². The van der Waals surface area contributed by atoms with E-state index in [2.05, 4.69) is 193 Å². The fraction of sp³-hybridized carbons (Fsp3) is 0. The van der Waals surface area contributed by atoms with Crippen molar-refractivity contribution < 1.29 is 0 Å². The number of thiophene rings is 1. The minimum Gasteiger partial charge on any atom is -0.278 e. The highest BCUT2D eigenvalue weighted by molar-refractivity contribution is 7.26. The standard InChI is InChI=1S/C54H31N3S/c1-2-12-35-29-36(26-23-32(35)11-1)33-21-24-34(25-22-33)52-51-41-16-5-3-13-38(41)39-14-4-6-17-42(39)53(51)56-54(55-52)57-46-19-9-7-15-40(46)45-30-37-27-28-49-50(44(37)31-47(45)57)43-18-8-10-20-48(43)58-49/h1-31H. The third-order valence-electron chi connectivity index (χ3n) is 12.2. The van der Waals surface area contributed by atoms with Crippen LogP contribution in [0, 0.1) is 0 Å². The van der Waals surface area contributed by atoms with Crippen molar-refractivity contribution in [2.24, 2.45) is 0 Å². The maximum atomic E-state index is 5.65. The Morgan fingerprint density at radius 2 is 0.983 bits per heavy atom. The van der Waals surface area contributed by atoms with Gasteiger partial charge in [-0.1, -0.05) is 152 Å². The fourth-order valence-electron chi connectivity index (χ4n) is 9.48. The molecule has 4 heteroatoms. The second-order valence-corrected chi connectivity index (χ2v) is 16.4. The van der Waals surface area contributed by atoms with Crippen molar-refractivity contribution in [2.45, 2.75) is 0 Å². The first kappa shape index (κ1) is 31.8. The Morgan fingerprint density at radius 3 is 1.83 bits per heavy atom. The van der Waals surface area contributed by atoms with Crippen molar-refractivity contribution in [2.75, 3.05) is 0 Å². The van der Waals surface area contributed by atoms with Crippen molar-refractivity contribution in [3.8, 4) is 28.3 Å². The number of fused-ring (bicyclic) bond motifs is 15. The van der Waals surface area contributed by atoms with E-state index in [4.69, 9.17) is 9.97 Å². The Morgan fingerprint density at radius 1 is 0.345 bits per heavy atom. The largest absolute Gasteiger partial charge is 0.278 e. The smallest absolute Gasteiger partial charge is 0.235 e. The minimum absolute atomic E-state index is 0.662. The van der Waals surface area contributed by atoms with Gasteiger partial charge in [-0.25, -0.2) is 9.97 Å². The molecule has 10 aromatic carbocycles. The molecule has 0 saturated carbocycles. The van der Waals surface area contributed by atoms with Crippen LogP contribution in [0.2, 0.25) is 0 Å². The number of hydrogen-bond donors (Lipinski definition) is 0. The predicted molar refractivity (Wildman–Crippen MR) is 248 cm³/mol. The van der Waals surface area contributed by atoms with Crippen molar-refractivity contribution >= 4 is 107 Å². The Hall–Kier alpha value is -7.40. The zero-order chi connectivity index (χ0) is 37.9. The monoisotopic (exact) mass is 753 g/mol. The molecule has 0 spiro atoms. The van der Waals surface area contributed by atoms with Crippen LogP contribution in [0.25, 0.3) is 124 Å². The molecule has 3 heterocycles. The molecule has 0 radical (unpaired) electrons. The average molecular weight is 754 g/mol. The topological polar surface area (TPSA) is 30.7 Å². The number of rotatable bonds is 3. The lowest BCUT2D eigenvalue weighted by Gasteiger charge is -2.16. The first-order valence-corrected chi connectivity index (χ1v) is 20.6. The zero-order valence-corrected chi connectivity index (χ0v) is 32.0. The van der Waals surface area contributed by atoms with Gasteiger partial charge in [0.15, 0.2) is 0 Å². The van der Waals surface area contributed by atoms with Crippen molar-refractivity contribution in [1.29, 1.82) is 0 Å². The summed E-state index contributed by atoms with van der Waals surface area (Å²) in [6.07, 6.45) is 0. The lowest BCUT2D eigenvalue weighted by atomic mass is 9.94. The third kappa shape index (κ3) is 4.55. The molecular formula is C54H31N3S. The normalized spacial score (nSPS) is 12.1. The van der Waals surface area contributed by atoms with E-state index in [1.807, 2.05) is 11.3 Å². The molecule has 3 nitrogen and oxygen atoms in total. The number of hydrogen-bond acceptors (Lipinski definition) is 3. The molecule has 0 N–H and O–H groups in total.